The van der Waals surface area contributed by atoms with Gasteiger partial charge in [0.25, 0.3) is 0 Å². The SMILES string of the molecule is O=C(Nc1cc(C(F)(F)F)[nH]n1)NC1CCN(c2ncnc3c2nc(-c2ccccc2Cl)n3-c2ccc(Cl)cc2)CC1. The van der Waals surface area contributed by atoms with Gasteiger partial charge in [-0.25, -0.2) is 19.7 Å². The van der Waals surface area contributed by atoms with Crippen molar-refractivity contribution >= 4 is 52.0 Å². The fourth-order valence-corrected chi connectivity index (χ4v) is 5.22. The van der Waals surface area contributed by atoms with Crippen LogP contribution in [0.25, 0.3) is 28.2 Å². The number of imidazole rings is 1. The molecule has 216 valence electrons. The highest BCUT2D eigenvalue weighted by Gasteiger charge is 2.33. The number of aromatic amines is 1. The second-order valence-electron chi connectivity index (χ2n) is 9.62. The number of aromatic nitrogens is 6. The Hall–Kier alpha value is -4.36. The van der Waals surface area contributed by atoms with Crippen LogP contribution in [-0.2, 0) is 6.18 Å². The number of fused-ring (bicyclic) bond motifs is 1. The highest BCUT2D eigenvalue weighted by molar-refractivity contribution is 6.33. The Morgan fingerprint density at radius 3 is 2.45 bits per heavy atom. The van der Waals surface area contributed by atoms with Crippen LogP contribution >= 0.6 is 23.2 Å². The topological polar surface area (TPSA) is 117 Å². The molecule has 1 fully saturated rings. The number of piperidine rings is 1. The van der Waals surface area contributed by atoms with Crippen molar-refractivity contribution in [3.8, 4) is 17.1 Å². The zero-order valence-corrected chi connectivity index (χ0v) is 23.2. The van der Waals surface area contributed by atoms with Gasteiger partial charge in [-0.3, -0.25) is 15.0 Å². The minimum Gasteiger partial charge on any atom is -0.355 e. The molecule has 1 saturated heterocycles. The van der Waals surface area contributed by atoms with Gasteiger partial charge in [0.1, 0.15) is 17.8 Å². The molecule has 15 heteroatoms. The number of anilines is 2. The molecule has 0 atom stereocenters. The van der Waals surface area contributed by atoms with Crippen molar-refractivity contribution in [3.63, 3.8) is 0 Å². The van der Waals surface area contributed by atoms with Gasteiger partial charge < -0.3 is 10.2 Å². The molecule has 0 saturated carbocycles. The van der Waals surface area contributed by atoms with Crippen LogP contribution in [0.3, 0.4) is 0 Å². The number of halogens is 5. The summed E-state index contributed by atoms with van der Waals surface area (Å²) in [6.07, 6.45) is -1.95. The first-order valence-corrected chi connectivity index (χ1v) is 13.6. The summed E-state index contributed by atoms with van der Waals surface area (Å²) in [4.78, 5) is 28.5. The molecule has 10 nitrogen and oxygen atoms in total. The standard InChI is InChI=1S/C27H22Cl2F3N9O/c28-15-5-7-17(8-6-15)41-23(18-3-1-2-4-19(18)29)37-22-24(33-14-34-25(22)41)40-11-9-16(10-12-40)35-26(42)36-21-13-20(38-39-21)27(30,31)32/h1-8,13-14,16H,9-12H2,(H3,35,36,38,39,42). The zero-order chi connectivity index (χ0) is 29.4. The first-order valence-electron chi connectivity index (χ1n) is 12.9. The number of carbonyl (C=O) groups is 1. The van der Waals surface area contributed by atoms with Crippen molar-refractivity contribution in [1.82, 2.24) is 35.0 Å². The fourth-order valence-electron chi connectivity index (χ4n) is 4.87. The van der Waals surface area contributed by atoms with Crippen molar-refractivity contribution in [1.29, 1.82) is 0 Å². The number of alkyl halides is 3. The van der Waals surface area contributed by atoms with Gasteiger partial charge in [0.05, 0.1) is 5.02 Å². The number of urea groups is 1. The van der Waals surface area contributed by atoms with Crippen molar-refractivity contribution in [2.45, 2.75) is 25.1 Å². The van der Waals surface area contributed by atoms with Crippen molar-refractivity contribution in [2.75, 3.05) is 23.3 Å². The van der Waals surface area contributed by atoms with Crippen molar-refractivity contribution in [2.24, 2.45) is 0 Å². The van der Waals surface area contributed by atoms with Crippen LogP contribution in [0, 0.1) is 0 Å². The molecule has 3 aromatic heterocycles. The zero-order valence-electron chi connectivity index (χ0n) is 21.7. The number of hydrogen-bond acceptors (Lipinski definition) is 6. The predicted octanol–water partition coefficient (Wildman–Crippen LogP) is 6.32. The molecule has 1 aliphatic rings. The van der Waals surface area contributed by atoms with E-state index in [-0.39, 0.29) is 11.9 Å². The summed E-state index contributed by atoms with van der Waals surface area (Å²) >= 11 is 12.7. The van der Waals surface area contributed by atoms with E-state index in [1.807, 2.05) is 40.0 Å². The van der Waals surface area contributed by atoms with E-state index in [2.05, 4.69) is 30.6 Å². The number of carbonyl (C=O) groups excluding carboxylic acids is 1. The lowest BCUT2D eigenvalue weighted by molar-refractivity contribution is -0.141. The number of rotatable bonds is 5. The second-order valence-corrected chi connectivity index (χ2v) is 10.5. The molecule has 0 bridgehead atoms. The molecule has 42 heavy (non-hydrogen) atoms. The minimum absolute atomic E-state index is 0.204. The van der Waals surface area contributed by atoms with Gasteiger partial charge in [-0.15, -0.1) is 0 Å². The summed E-state index contributed by atoms with van der Waals surface area (Å²) in [5.74, 6) is 1.02. The minimum atomic E-state index is -4.58. The number of nitrogens with one attached hydrogen (secondary N) is 3. The molecular formula is C27H22Cl2F3N9O. The molecule has 0 spiro atoms. The van der Waals surface area contributed by atoms with Gasteiger partial charge in [0.15, 0.2) is 22.8 Å². The molecule has 0 aliphatic carbocycles. The molecule has 0 radical (unpaired) electrons. The Balaban J connectivity index is 1.23. The van der Waals surface area contributed by atoms with E-state index >= 15 is 0 Å². The molecule has 1 aliphatic heterocycles. The second kappa shape index (κ2) is 11.1. The van der Waals surface area contributed by atoms with Gasteiger partial charge in [-0.05, 0) is 49.2 Å². The summed E-state index contributed by atoms with van der Waals surface area (Å²) < 4.78 is 40.3. The van der Waals surface area contributed by atoms with Gasteiger partial charge in [-0.1, -0.05) is 35.3 Å². The Morgan fingerprint density at radius 2 is 1.76 bits per heavy atom. The molecule has 6 rings (SSSR count). The monoisotopic (exact) mass is 615 g/mol. The van der Waals surface area contributed by atoms with Crippen LogP contribution < -0.4 is 15.5 Å². The third kappa shape index (κ3) is 5.57. The van der Waals surface area contributed by atoms with Crippen molar-refractivity contribution in [3.05, 3.63) is 76.7 Å². The molecule has 2 amide bonds. The molecular weight excluding hydrogens is 594 g/mol. The highest BCUT2D eigenvalue weighted by atomic mass is 35.5. The molecule has 2 aromatic carbocycles. The lowest BCUT2D eigenvalue weighted by Crippen LogP contribution is -2.46. The van der Waals surface area contributed by atoms with Crippen LogP contribution in [0.1, 0.15) is 18.5 Å². The first kappa shape index (κ1) is 27.8. The Bertz CT molecular complexity index is 1750. The van der Waals surface area contributed by atoms with Gasteiger partial charge in [0, 0.05) is 41.5 Å². The summed E-state index contributed by atoms with van der Waals surface area (Å²) in [6.45, 7) is 1.10. The summed E-state index contributed by atoms with van der Waals surface area (Å²) in [7, 11) is 0. The van der Waals surface area contributed by atoms with E-state index in [9.17, 15) is 18.0 Å². The quantitative estimate of drug-likeness (QED) is 0.213. The van der Waals surface area contributed by atoms with Crippen molar-refractivity contribution < 1.29 is 18.0 Å². The number of H-pyrrole nitrogens is 1. The van der Waals surface area contributed by atoms with E-state index in [0.717, 1.165) is 17.3 Å². The Morgan fingerprint density at radius 1 is 1.02 bits per heavy atom. The van der Waals surface area contributed by atoms with Crippen LogP contribution in [0.2, 0.25) is 10.0 Å². The van der Waals surface area contributed by atoms with Gasteiger partial charge in [-0.2, -0.15) is 18.3 Å². The van der Waals surface area contributed by atoms with Gasteiger partial charge >= 0.3 is 12.2 Å². The maximum Gasteiger partial charge on any atom is 0.432 e. The summed E-state index contributed by atoms with van der Waals surface area (Å²) in [6, 6.07) is 14.6. The fraction of sp³-hybridized carbons (Fsp3) is 0.222. The summed E-state index contributed by atoms with van der Waals surface area (Å²) in [5.41, 5.74) is 1.67. The number of amides is 2. The largest absolute Gasteiger partial charge is 0.432 e. The average Bonchev–Trinajstić information content (AvgIpc) is 3.59. The predicted molar refractivity (Wildman–Crippen MR) is 153 cm³/mol. The Labute approximate surface area is 246 Å². The van der Waals surface area contributed by atoms with Crippen LogP contribution in [0.5, 0.6) is 0 Å². The molecule has 0 unspecified atom stereocenters. The van der Waals surface area contributed by atoms with E-state index in [4.69, 9.17) is 28.2 Å². The first-order chi connectivity index (χ1) is 20.2. The third-order valence-electron chi connectivity index (χ3n) is 6.88. The van der Waals surface area contributed by atoms with E-state index in [0.29, 0.717) is 58.8 Å². The molecule has 5 aromatic rings. The van der Waals surface area contributed by atoms with Crippen LogP contribution in [0.15, 0.2) is 60.9 Å². The lowest BCUT2D eigenvalue weighted by atomic mass is 10.1. The Kier molecular flexibility index (Phi) is 7.37. The van der Waals surface area contributed by atoms with Crippen LogP contribution in [-0.4, -0.2) is 54.9 Å². The van der Waals surface area contributed by atoms with Gasteiger partial charge in [0.2, 0.25) is 0 Å². The molecule has 4 heterocycles. The number of benzene rings is 2. The highest BCUT2D eigenvalue weighted by Crippen LogP contribution is 2.35. The molecule has 3 N–H and O–H groups in total. The summed E-state index contributed by atoms with van der Waals surface area (Å²) in [5, 5.41) is 11.6. The number of hydrogen-bond donors (Lipinski definition) is 3. The smallest absolute Gasteiger partial charge is 0.355 e. The maximum absolute atomic E-state index is 12.8. The van der Waals surface area contributed by atoms with E-state index in [1.165, 1.54) is 6.33 Å². The average molecular weight is 616 g/mol. The van der Waals surface area contributed by atoms with E-state index in [1.54, 1.807) is 18.2 Å². The lowest BCUT2D eigenvalue weighted by Gasteiger charge is -2.33. The van der Waals surface area contributed by atoms with E-state index < -0.39 is 17.9 Å². The third-order valence-corrected chi connectivity index (χ3v) is 7.46. The number of nitrogens with zero attached hydrogens (tertiary/aromatic N) is 6. The van der Waals surface area contributed by atoms with Crippen LogP contribution in [0.4, 0.5) is 29.6 Å². The maximum atomic E-state index is 12.8. The normalized spacial score (nSPS) is 14.4.